The summed E-state index contributed by atoms with van der Waals surface area (Å²) in [5.41, 5.74) is 3.84. The van der Waals surface area contributed by atoms with Gasteiger partial charge in [-0.1, -0.05) is 6.92 Å². The highest BCUT2D eigenvalue weighted by Crippen LogP contribution is 2.39. The summed E-state index contributed by atoms with van der Waals surface area (Å²) in [4.78, 5) is 36.3. The maximum atomic E-state index is 11.3. The van der Waals surface area contributed by atoms with Crippen LogP contribution in [0, 0.1) is 20.2 Å². The molecule has 0 radical (unpaired) electrons. The molecule has 1 aromatic rings. The Morgan fingerprint density at radius 2 is 1.61 bits per heavy atom. The number of nitrogens with zero attached hydrogens (tertiary/aromatic N) is 4. The Morgan fingerprint density at radius 3 is 1.96 bits per heavy atom. The van der Waals surface area contributed by atoms with Crippen LogP contribution in [0.15, 0.2) is 12.1 Å². The summed E-state index contributed by atoms with van der Waals surface area (Å²) < 4.78 is 0. The second kappa shape index (κ2) is 6.57. The minimum Gasteiger partial charge on any atom is -0.366 e. The van der Waals surface area contributed by atoms with Crippen LogP contribution in [-0.2, 0) is 0 Å². The van der Waals surface area contributed by atoms with Crippen molar-refractivity contribution in [3.63, 3.8) is 0 Å². The van der Waals surface area contributed by atoms with Crippen LogP contribution in [-0.4, -0.2) is 53.4 Å². The Labute approximate surface area is 131 Å². The molecule has 1 heterocycles. The van der Waals surface area contributed by atoms with Gasteiger partial charge < -0.3 is 15.5 Å². The molecule has 1 aliphatic rings. The van der Waals surface area contributed by atoms with Gasteiger partial charge in [0.2, 0.25) is 5.91 Å². The van der Waals surface area contributed by atoms with Crippen molar-refractivity contribution in [1.29, 1.82) is 0 Å². The van der Waals surface area contributed by atoms with Crippen molar-refractivity contribution in [2.24, 2.45) is 5.73 Å². The zero-order valence-electron chi connectivity index (χ0n) is 12.6. The zero-order valence-corrected chi connectivity index (χ0v) is 12.6. The lowest BCUT2D eigenvalue weighted by molar-refractivity contribution is -0.392. The average molecular weight is 323 g/mol. The van der Waals surface area contributed by atoms with Crippen molar-refractivity contribution in [3.05, 3.63) is 37.9 Å². The fourth-order valence-corrected chi connectivity index (χ4v) is 2.64. The third-order valence-corrected chi connectivity index (χ3v) is 3.88. The second-order valence-corrected chi connectivity index (χ2v) is 5.16. The summed E-state index contributed by atoms with van der Waals surface area (Å²) >= 11 is 0. The number of carbonyl (C=O) groups is 1. The normalized spacial score (nSPS) is 15.4. The molecule has 1 aliphatic heterocycles. The van der Waals surface area contributed by atoms with E-state index in [4.69, 9.17) is 5.73 Å². The van der Waals surface area contributed by atoms with Crippen molar-refractivity contribution in [2.45, 2.75) is 6.92 Å². The molecule has 0 saturated carbocycles. The molecule has 23 heavy (non-hydrogen) atoms. The van der Waals surface area contributed by atoms with Crippen LogP contribution in [0.4, 0.5) is 17.1 Å². The highest BCUT2D eigenvalue weighted by Gasteiger charge is 2.33. The van der Waals surface area contributed by atoms with E-state index in [1.807, 2.05) is 6.92 Å². The number of anilines is 1. The third kappa shape index (κ3) is 3.37. The Hall–Kier alpha value is -2.75. The molecule has 10 nitrogen and oxygen atoms in total. The minimum atomic E-state index is -0.946. The molecule has 0 spiro atoms. The summed E-state index contributed by atoms with van der Waals surface area (Å²) in [5, 5.41) is 22.7. The number of primary amides is 1. The van der Waals surface area contributed by atoms with Gasteiger partial charge in [0.25, 0.3) is 11.4 Å². The number of likely N-dealkylation sites (N-methyl/N-ethyl adjacent to an activating group) is 1. The molecule has 124 valence electrons. The molecule has 1 aromatic carbocycles. The molecule has 2 N–H and O–H groups in total. The van der Waals surface area contributed by atoms with Gasteiger partial charge in [-0.25, -0.2) is 0 Å². The first-order valence-electron chi connectivity index (χ1n) is 7.09. The predicted molar refractivity (Wildman–Crippen MR) is 82.6 cm³/mol. The number of hydrogen-bond acceptors (Lipinski definition) is 7. The number of hydrogen-bond donors (Lipinski definition) is 1. The van der Waals surface area contributed by atoms with Crippen molar-refractivity contribution in [3.8, 4) is 0 Å². The first kappa shape index (κ1) is 16.6. The van der Waals surface area contributed by atoms with Gasteiger partial charge >= 0.3 is 0 Å². The van der Waals surface area contributed by atoms with E-state index in [-0.39, 0.29) is 11.3 Å². The number of nitro benzene ring substituents is 2. The maximum Gasteiger partial charge on any atom is 0.300 e. The lowest BCUT2D eigenvalue weighted by atomic mass is 10.1. The maximum absolute atomic E-state index is 11.3. The van der Waals surface area contributed by atoms with Crippen molar-refractivity contribution in [1.82, 2.24) is 4.90 Å². The van der Waals surface area contributed by atoms with Crippen LogP contribution in [0.5, 0.6) is 0 Å². The molecule has 0 aromatic heterocycles. The van der Waals surface area contributed by atoms with Gasteiger partial charge in [-0.2, -0.15) is 0 Å². The van der Waals surface area contributed by atoms with Gasteiger partial charge in [0.15, 0.2) is 5.69 Å². The van der Waals surface area contributed by atoms with Gasteiger partial charge in [-0.15, -0.1) is 0 Å². The van der Waals surface area contributed by atoms with Crippen molar-refractivity contribution < 1.29 is 14.6 Å². The van der Waals surface area contributed by atoms with Crippen molar-refractivity contribution in [2.75, 3.05) is 37.6 Å². The van der Waals surface area contributed by atoms with E-state index >= 15 is 0 Å². The number of piperazine rings is 1. The van der Waals surface area contributed by atoms with Gasteiger partial charge in [0, 0.05) is 38.3 Å². The number of benzene rings is 1. The van der Waals surface area contributed by atoms with Crippen LogP contribution in [0.3, 0.4) is 0 Å². The monoisotopic (exact) mass is 323 g/mol. The van der Waals surface area contributed by atoms with Gasteiger partial charge in [0.1, 0.15) is 0 Å². The molecule has 0 aliphatic carbocycles. The van der Waals surface area contributed by atoms with Gasteiger partial charge in [0.05, 0.1) is 15.4 Å². The Kier molecular flexibility index (Phi) is 4.74. The third-order valence-electron chi connectivity index (χ3n) is 3.88. The van der Waals surface area contributed by atoms with E-state index in [0.717, 1.165) is 18.7 Å². The lowest BCUT2D eigenvalue weighted by Gasteiger charge is -2.34. The number of nitro groups is 2. The number of carbonyl (C=O) groups excluding carboxylic acids is 1. The largest absolute Gasteiger partial charge is 0.366 e. The molecule has 1 saturated heterocycles. The van der Waals surface area contributed by atoms with Crippen LogP contribution in [0.25, 0.3) is 0 Å². The smallest absolute Gasteiger partial charge is 0.300 e. The van der Waals surface area contributed by atoms with Crippen molar-refractivity contribution >= 4 is 23.0 Å². The predicted octanol–water partition coefficient (Wildman–Crippen LogP) is 0.744. The molecule has 0 atom stereocenters. The summed E-state index contributed by atoms with van der Waals surface area (Å²) in [7, 11) is 0. The summed E-state index contributed by atoms with van der Waals surface area (Å²) in [5.74, 6) is -0.946. The van der Waals surface area contributed by atoms with E-state index in [1.165, 1.54) is 0 Å². The highest BCUT2D eigenvalue weighted by molar-refractivity contribution is 5.96. The highest BCUT2D eigenvalue weighted by atomic mass is 16.6. The standard InChI is InChI=1S/C13H17N5O5/c1-2-15-3-5-16(6-4-15)12-10(17(20)21)7-9(13(14)19)8-11(12)18(22)23/h7-8H,2-6H2,1H3,(H2,14,19). The van der Waals surface area contributed by atoms with Gasteiger partial charge in [-0.05, 0) is 6.54 Å². The molecule has 0 unspecified atom stereocenters. The zero-order chi connectivity index (χ0) is 17.1. The molecule has 10 heteroatoms. The molecule has 1 fully saturated rings. The molecule has 1 amide bonds. The summed E-state index contributed by atoms with van der Waals surface area (Å²) in [6, 6.07) is 1.99. The Morgan fingerprint density at radius 1 is 1.13 bits per heavy atom. The SMILES string of the molecule is CCN1CCN(c2c([N+](=O)[O-])cc(C(N)=O)cc2[N+](=O)[O-])CC1. The first-order chi connectivity index (χ1) is 10.8. The molecule has 2 rings (SSSR count). The topological polar surface area (TPSA) is 136 Å². The number of amides is 1. The fraction of sp³-hybridized carbons (Fsp3) is 0.462. The van der Waals surface area contributed by atoms with E-state index in [2.05, 4.69) is 4.90 Å². The minimum absolute atomic E-state index is 0.0687. The first-order valence-corrected chi connectivity index (χ1v) is 7.09. The number of nitrogens with two attached hydrogens (primary N) is 1. The fourth-order valence-electron chi connectivity index (χ4n) is 2.64. The summed E-state index contributed by atoms with van der Waals surface area (Å²) in [6.45, 7) is 5.03. The van der Waals surface area contributed by atoms with Crippen LogP contribution in [0.1, 0.15) is 17.3 Å². The van der Waals surface area contributed by atoms with Gasteiger partial charge in [-0.3, -0.25) is 25.0 Å². The van der Waals surface area contributed by atoms with Crippen LogP contribution in [0.2, 0.25) is 0 Å². The average Bonchev–Trinajstić information content (AvgIpc) is 2.53. The quantitative estimate of drug-likeness (QED) is 0.623. The lowest BCUT2D eigenvalue weighted by Crippen LogP contribution is -2.46. The Balaban J connectivity index is 2.54. The molecular formula is C13H17N5O5. The number of rotatable bonds is 5. The van der Waals surface area contributed by atoms with E-state index in [0.29, 0.717) is 26.2 Å². The second-order valence-electron chi connectivity index (χ2n) is 5.16. The molecular weight excluding hydrogens is 306 g/mol. The Bertz CT molecular complexity index is 619. The van der Waals surface area contributed by atoms with Crippen LogP contribution >= 0.6 is 0 Å². The van der Waals surface area contributed by atoms with Crippen LogP contribution < -0.4 is 10.6 Å². The molecule has 0 bridgehead atoms. The van der Waals surface area contributed by atoms with E-state index in [1.54, 1.807) is 4.90 Å². The van der Waals surface area contributed by atoms with E-state index < -0.39 is 27.1 Å². The van der Waals surface area contributed by atoms with E-state index in [9.17, 15) is 25.0 Å². The summed E-state index contributed by atoms with van der Waals surface area (Å²) in [6.07, 6.45) is 0.